The minimum Gasteiger partial charge on any atom is -0.444 e. The van der Waals surface area contributed by atoms with E-state index in [2.05, 4.69) is 22.1 Å². The maximum Gasteiger partial charge on any atom is 0.276 e. The third-order valence-electron chi connectivity index (χ3n) is 2.91. The van der Waals surface area contributed by atoms with Gasteiger partial charge in [-0.05, 0) is 25.3 Å². The molecule has 5 nitrogen and oxygen atoms in total. The van der Waals surface area contributed by atoms with Crippen LogP contribution in [0.15, 0.2) is 44.6 Å². The molecule has 0 saturated heterocycles. The van der Waals surface area contributed by atoms with E-state index in [1.165, 1.54) is 17.3 Å². The molecule has 3 aromatic rings. The van der Waals surface area contributed by atoms with Gasteiger partial charge in [0.25, 0.3) is 5.22 Å². The predicted molar refractivity (Wildman–Crippen MR) is 87.8 cm³/mol. The van der Waals surface area contributed by atoms with E-state index in [1.807, 2.05) is 30.5 Å². The summed E-state index contributed by atoms with van der Waals surface area (Å²) in [6.45, 7) is 2.05. The van der Waals surface area contributed by atoms with Crippen molar-refractivity contribution in [1.29, 1.82) is 0 Å². The van der Waals surface area contributed by atoms with Crippen LogP contribution in [0.4, 0.5) is 0 Å². The van der Waals surface area contributed by atoms with Gasteiger partial charge in [-0.15, -0.1) is 10.2 Å². The lowest BCUT2D eigenvalue weighted by Gasteiger charge is -1.95. The van der Waals surface area contributed by atoms with E-state index < -0.39 is 0 Å². The third-order valence-corrected chi connectivity index (χ3v) is 4.30. The highest BCUT2D eigenvalue weighted by molar-refractivity contribution is 7.98. The van der Waals surface area contributed by atoms with Crippen LogP contribution in [0, 0.1) is 6.92 Å². The van der Waals surface area contributed by atoms with Gasteiger partial charge in [-0.3, -0.25) is 0 Å². The fraction of sp³-hybridized carbons (Fsp3) is 0.267. The van der Waals surface area contributed by atoms with Gasteiger partial charge in [0.1, 0.15) is 6.26 Å². The molecule has 7 heteroatoms. The SMILES string of the molecule is CSCc1nnc(SCc2coc(-c3ccc(C)cc3)n2)o1. The number of thioether (sulfide) groups is 2. The van der Waals surface area contributed by atoms with Crippen LogP contribution in [0.3, 0.4) is 0 Å². The molecule has 2 aromatic heterocycles. The smallest absolute Gasteiger partial charge is 0.276 e. The highest BCUT2D eigenvalue weighted by Gasteiger charge is 2.10. The molecule has 0 spiro atoms. The number of nitrogens with zero attached hydrogens (tertiary/aromatic N) is 3. The van der Waals surface area contributed by atoms with Gasteiger partial charge in [0.2, 0.25) is 11.8 Å². The van der Waals surface area contributed by atoms with E-state index in [0.29, 0.717) is 22.8 Å². The summed E-state index contributed by atoms with van der Waals surface area (Å²) < 4.78 is 11.0. The van der Waals surface area contributed by atoms with Gasteiger partial charge in [0, 0.05) is 11.3 Å². The molecule has 114 valence electrons. The molecule has 1 aromatic carbocycles. The standard InChI is InChI=1S/C15H15N3O2S2/c1-10-3-5-11(6-4-10)14-16-12(7-19-14)8-22-15-18-17-13(20-15)9-21-2/h3-7H,8-9H2,1-2H3. The van der Waals surface area contributed by atoms with Gasteiger partial charge in [0.15, 0.2) is 0 Å². The zero-order chi connectivity index (χ0) is 15.4. The van der Waals surface area contributed by atoms with Crippen LogP contribution < -0.4 is 0 Å². The Kier molecular flexibility index (Phi) is 4.84. The molecule has 3 rings (SSSR count). The van der Waals surface area contributed by atoms with E-state index in [4.69, 9.17) is 8.83 Å². The Bertz CT molecular complexity index is 737. The summed E-state index contributed by atoms with van der Waals surface area (Å²) in [4.78, 5) is 4.49. The molecule has 0 aliphatic heterocycles. The molecule has 2 heterocycles. The molecule has 0 aliphatic rings. The van der Waals surface area contributed by atoms with Gasteiger partial charge in [0.05, 0.1) is 11.4 Å². The van der Waals surface area contributed by atoms with Crippen LogP contribution in [-0.4, -0.2) is 21.4 Å². The molecule has 0 bridgehead atoms. The second-order valence-corrected chi connectivity index (χ2v) is 6.49. The highest BCUT2D eigenvalue weighted by atomic mass is 32.2. The Labute approximate surface area is 136 Å². The van der Waals surface area contributed by atoms with Crippen molar-refractivity contribution in [3.05, 3.63) is 47.7 Å². The molecule has 0 unspecified atom stereocenters. The van der Waals surface area contributed by atoms with Gasteiger partial charge in [-0.2, -0.15) is 11.8 Å². The van der Waals surface area contributed by atoms with Crippen molar-refractivity contribution >= 4 is 23.5 Å². The van der Waals surface area contributed by atoms with E-state index in [0.717, 1.165) is 17.0 Å². The van der Waals surface area contributed by atoms with E-state index in [9.17, 15) is 0 Å². The van der Waals surface area contributed by atoms with Crippen LogP contribution in [0.5, 0.6) is 0 Å². The topological polar surface area (TPSA) is 65.0 Å². The average molecular weight is 333 g/mol. The number of benzene rings is 1. The zero-order valence-electron chi connectivity index (χ0n) is 12.3. The van der Waals surface area contributed by atoms with Gasteiger partial charge >= 0.3 is 0 Å². The molecule has 0 amide bonds. The number of aryl methyl sites for hydroxylation is 1. The van der Waals surface area contributed by atoms with Gasteiger partial charge in [-0.25, -0.2) is 4.98 Å². The van der Waals surface area contributed by atoms with Gasteiger partial charge < -0.3 is 8.83 Å². The highest BCUT2D eigenvalue weighted by Crippen LogP contribution is 2.25. The maximum absolute atomic E-state index is 5.53. The van der Waals surface area contributed by atoms with Crippen LogP contribution in [0.25, 0.3) is 11.5 Å². The van der Waals surface area contributed by atoms with Crippen molar-refractivity contribution in [2.24, 2.45) is 0 Å². The summed E-state index contributed by atoms with van der Waals surface area (Å²) in [5.74, 6) is 2.64. The van der Waals surface area contributed by atoms with Crippen molar-refractivity contribution in [2.75, 3.05) is 6.26 Å². The Balaban J connectivity index is 1.62. The Morgan fingerprint density at radius 1 is 1.09 bits per heavy atom. The van der Waals surface area contributed by atoms with E-state index >= 15 is 0 Å². The summed E-state index contributed by atoms with van der Waals surface area (Å²) in [6.07, 6.45) is 3.67. The second kappa shape index (κ2) is 7.02. The second-order valence-electron chi connectivity index (χ2n) is 4.69. The quantitative estimate of drug-likeness (QED) is 0.627. The predicted octanol–water partition coefficient (Wildman–Crippen LogP) is 4.19. The minimum atomic E-state index is 0.559. The number of hydrogen-bond acceptors (Lipinski definition) is 7. The fourth-order valence-electron chi connectivity index (χ4n) is 1.82. The molecular weight excluding hydrogens is 318 g/mol. The zero-order valence-corrected chi connectivity index (χ0v) is 13.9. The third kappa shape index (κ3) is 3.72. The first-order valence-corrected chi connectivity index (χ1v) is 9.08. The number of oxazole rings is 1. The van der Waals surface area contributed by atoms with Crippen molar-refractivity contribution in [1.82, 2.24) is 15.2 Å². The number of rotatable bonds is 6. The van der Waals surface area contributed by atoms with Crippen molar-refractivity contribution in [3.63, 3.8) is 0 Å². The largest absolute Gasteiger partial charge is 0.444 e. The Morgan fingerprint density at radius 2 is 1.91 bits per heavy atom. The first-order valence-electron chi connectivity index (χ1n) is 6.70. The lowest BCUT2D eigenvalue weighted by atomic mass is 10.1. The van der Waals surface area contributed by atoms with E-state index in [-0.39, 0.29) is 0 Å². The summed E-state index contributed by atoms with van der Waals surface area (Å²) in [5.41, 5.74) is 3.04. The lowest BCUT2D eigenvalue weighted by molar-refractivity contribution is 0.426. The van der Waals surface area contributed by atoms with Gasteiger partial charge in [-0.1, -0.05) is 29.5 Å². The molecule has 0 aliphatic carbocycles. The van der Waals surface area contributed by atoms with Crippen molar-refractivity contribution in [3.8, 4) is 11.5 Å². The lowest BCUT2D eigenvalue weighted by Crippen LogP contribution is -1.83. The fourth-order valence-corrected chi connectivity index (χ4v) is 2.84. The van der Waals surface area contributed by atoms with Crippen LogP contribution >= 0.6 is 23.5 Å². The molecule has 0 fully saturated rings. The summed E-state index contributed by atoms with van der Waals surface area (Å²) in [7, 11) is 0. The summed E-state index contributed by atoms with van der Waals surface area (Å²) in [5, 5.41) is 8.54. The van der Waals surface area contributed by atoms with Crippen LogP contribution in [0.2, 0.25) is 0 Å². The summed E-state index contributed by atoms with van der Waals surface area (Å²) >= 11 is 3.11. The molecule has 22 heavy (non-hydrogen) atoms. The molecule has 0 N–H and O–H groups in total. The molecule has 0 radical (unpaired) electrons. The van der Waals surface area contributed by atoms with Crippen molar-refractivity contribution in [2.45, 2.75) is 23.7 Å². The Hall–Kier alpha value is -1.73. The average Bonchev–Trinajstić information content (AvgIpc) is 3.16. The Morgan fingerprint density at radius 3 is 2.68 bits per heavy atom. The molecular formula is C15H15N3O2S2. The molecule has 0 saturated carbocycles. The van der Waals surface area contributed by atoms with E-state index in [1.54, 1.807) is 18.0 Å². The number of aromatic nitrogens is 3. The van der Waals surface area contributed by atoms with Crippen LogP contribution in [-0.2, 0) is 11.5 Å². The maximum atomic E-state index is 5.53. The first kappa shape index (κ1) is 15.2. The monoisotopic (exact) mass is 333 g/mol. The first-order chi connectivity index (χ1) is 10.7. The minimum absolute atomic E-state index is 0.559. The molecule has 0 atom stereocenters. The normalized spacial score (nSPS) is 11.0. The van der Waals surface area contributed by atoms with Crippen molar-refractivity contribution < 1.29 is 8.83 Å². The van der Waals surface area contributed by atoms with Crippen LogP contribution in [0.1, 0.15) is 17.1 Å². The summed E-state index contributed by atoms with van der Waals surface area (Å²) in [6, 6.07) is 8.09. The number of hydrogen-bond donors (Lipinski definition) is 0.